The molecule has 1 rings (SSSR count). The van der Waals surface area contributed by atoms with E-state index in [0.29, 0.717) is 22.8 Å². The maximum Gasteiger partial charge on any atom is 0.125 e. The van der Waals surface area contributed by atoms with Crippen molar-refractivity contribution in [2.75, 3.05) is 11.5 Å². The standard InChI is InChI=1S/C14H19N5O/c1-9(4-5-17-20)6-11(3)18-19-14-7-10(2)12(15)8-13(14)16/h4-8,17,20H,3,15-16H2,1-2H3/p+1. The van der Waals surface area contributed by atoms with Crippen LogP contribution in [0.3, 0.4) is 0 Å². The van der Waals surface area contributed by atoms with Crippen LogP contribution >= 0.6 is 0 Å². The molecule has 20 heavy (non-hydrogen) atoms. The highest BCUT2D eigenvalue weighted by molar-refractivity contribution is 5.70. The van der Waals surface area contributed by atoms with Crippen LogP contribution in [-0.2, 0) is 0 Å². The second kappa shape index (κ2) is 7.22. The van der Waals surface area contributed by atoms with Crippen LogP contribution in [0.1, 0.15) is 12.5 Å². The zero-order valence-electron chi connectivity index (χ0n) is 11.7. The molecule has 1 aromatic carbocycles. The molecule has 0 atom stereocenters. The van der Waals surface area contributed by atoms with E-state index in [4.69, 9.17) is 16.7 Å². The van der Waals surface area contributed by atoms with Crippen molar-refractivity contribution in [3.05, 3.63) is 53.9 Å². The van der Waals surface area contributed by atoms with Crippen molar-refractivity contribution in [3.8, 4) is 0 Å². The summed E-state index contributed by atoms with van der Waals surface area (Å²) in [6.45, 7) is 7.52. The van der Waals surface area contributed by atoms with Crippen LogP contribution < -0.4 is 16.9 Å². The smallest absolute Gasteiger partial charge is 0.125 e. The van der Waals surface area contributed by atoms with Crippen LogP contribution in [0, 0.1) is 6.92 Å². The van der Waals surface area contributed by atoms with E-state index in [1.54, 1.807) is 24.3 Å². The third-order valence-corrected chi connectivity index (χ3v) is 2.54. The predicted molar refractivity (Wildman–Crippen MR) is 80.3 cm³/mol. The maximum atomic E-state index is 8.55. The number of aryl methyl sites for hydroxylation is 1. The average Bonchev–Trinajstić information content (AvgIpc) is 2.39. The lowest BCUT2D eigenvalue weighted by Gasteiger charge is -2.04. The van der Waals surface area contributed by atoms with Gasteiger partial charge in [-0.2, -0.15) is 10.6 Å². The highest BCUT2D eigenvalue weighted by Gasteiger charge is 2.01. The Morgan fingerprint density at radius 1 is 1.35 bits per heavy atom. The maximum absolute atomic E-state index is 8.55. The zero-order chi connectivity index (χ0) is 15.1. The summed E-state index contributed by atoms with van der Waals surface area (Å²) in [7, 11) is 0. The van der Waals surface area contributed by atoms with Gasteiger partial charge in [-0.3, -0.25) is 0 Å². The van der Waals surface area contributed by atoms with Gasteiger partial charge in [0.2, 0.25) is 0 Å². The second-order valence-corrected chi connectivity index (χ2v) is 4.36. The third kappa shape index (κ3) is 4.68. The first-order valence-electron chi connectivity index (χ1n) is 6.02. The Hall–Kier alpha value is -2.44. The quantitative estimate of drug-likeness (QED) is 0.285. The molecule has 0 bridgehead atoms. The molecule has 0 unspecified atom stereocenters. The van der Waals surface area contributed by atoms with E-state index >= 15 is 0 Å². The largest absolute Gasteiger partial charge is 0.398 e. The minimum absolute atomic E-state index is 0.472. The van der Waals surface area contributed by atoms with Gasteiger partial charge in [-0.15, -0.1) is 5.11 Å². The van der Waals surface area contributed by atoms with Gasteiger partial charge in [0, 0.05) is 5.69 Å². The molecular weight excluding hydrogens is 254 g/mol. The van der Waals surface area contributed by atoms with Crippen molar-refractivity contribution in [1.29, 1.82) is 0 Å². The molecule has 0 aliphatic heterocycles. The number of anilines is 2. The van der Waals surface area contributed by atoms with E-state index in [9.17, 15) is 0 Å². The Morgan fingerprint density at radius 2 is 2.05 bits per heavy atom. The summed E-state index contributed by atoms with van der Waals surface area (Å²) < 4.78 is 0. The average molecular weight is 274 g/mol. The lowest BCUT2D eigenvalue weighted by Crippen LogP contribution is -2.73. The number of azo groups is 1. The summed E-state index contributed by atoms with van der Waals surface area (Å²) in [5.74, 6) is 0. The van der Waals surface area contributed by atoms with Gasteiger partial charge in [-0.25, -0.2) is 5.21 Å². The Morgan fingerprint density at radius 3 is 2.70 bits per heavy atom. The Kier molecular flexibility index (Phi) is 5.64. The van der Waals surface area contributed by atoms with Crippen LogP contribution in [0.15, 0.2) is 58.6 Å². The molecule has 0 heterocycles. The molecule has 0 fully saturated rings. The van der Waals surface area contributed by atoms with Crippen molar-refractivity contribution in [3.63, 3.8) is 0 Å². The first kappa shape index (κ1) is 15.6. The molecule has 0 saturated heterocycles. The molecule has 6 heteroatoms. The normalized spacial score (nSPS) is 12.4. The molecule has 0 saturated carbocycles. The van der Waals surface area contributed by atoms with Gasteiger partial charge in [-0.05, 0) is 49.3 Å². The molecule has 0 aliphatic rings. The van der Waals surface area contributed by atoms with Gasteiger partial charge in [0.25, 0.3) is 0 Å². The van der Waals surface area contributed by atoms with E-state index < -0.39 is 0 Å². The number of rotatable bonds is 5. The molecule has 0 spiro atoms. The molecule has 0 aromatic heterocycles. The Labute approximate surface area is 118 Å². The zero-order valence-corrected chi connectivity index (χ0v) is 11.7. The molecule has 7 N–H and O–H groups in total. The molecular formula is C14H20N5O+. The topological polar surface area (TPSA) is 114 Å². The summed E-state index contributed by atoms with van der Waals surface area (Å²) in [5.41, 5.74) is 16.5. The first-order valence-corrected chi connectivity index (χ1v) is 6.02. The van der Waals surface area contributed by atoms with E-state index in [0.717, 1.165) is 16.6 Å². The van der Waals surface area contributed by atoms with Crippen molar-refractivity contribution >= 4 is 17.1 Å². The number of quaternary nitrogens is 1. The lowest BCUT2D eigenvalue weighted by molar-refractivity contribution is -0.838. The number of benzene rings is 1. The number of hydrogen-bond donors (Lipinski definition) is 4. The number of nitrogens with two attached hydrogens (primary N) is 3. The minimum Gasteiger partial charge on any atom is -0.398 e. The van der Waals surface area contributed by atoms with Crippen LogP contribution in [0.2, 0.25) is 0 Å². The Balaban J connectivity index is 2.85. The van der Waals surface area contributed by atoms with Crippen LogP contribution in [0.4, 0.5) is 17.1 Å². The molecule has 0 amide bonds. The molecule has 6 nitrogen and oxygen atoms in total. The predicted octanol–water partition coefficient (Wildman–Crippen LogP) is 2.17. The summed E-state index contributed by atoms with van der Waals surface area (Å²) in [5, 5.41) is 16.6. The van der Waals surface area contributed by atoms with Crippen molar-refractivity contribution in [2.24, 2.45) is 10.2 Å². The van der Waals surface area contributed by atoms with Crippen molar-refractivity contribution < 1.29 is 10.7 Å². The fraction of sp³-hybridized carbons (Fsp3) is 0.143. The van der Waals surface area contributed by atoms with Crippen molar-refractivity contribution in [1.82, 2.24) is 0 Å². The lowest BCUT2D eigenvalue weighted by atomic mass is 10.1. The van der Waals surface area contributed by atoms with E-state index in [-0.39, 0.29) is 0 Å². The second-order valence-electron chi connectivity index (χ2n) is 4.36. The van der Waals surface area contributed by atoms with Gasteiger partial charge >= 0.3 is 0 Å². The van der Waals surface area contributed by atoms with Crippen LogP contribution in [0.5, 0.6) is 0 Å². The number of hydrogen-bond acceptors (Lipinski definition) is 5. The summed E-state index contributed by atoms with van der Waals surface area (Å²) >= 11 is 0. The van der Waals surface area contributed by atoms with Crippen molar-refractivity contribution in [2.45, 2.75) is 13.8 Å². The van der Waals surface area contributed by atoms with E-state index in [2.05, 4.69) is 16.8 Å². The van der Waals surface area contributed by atoms with E-state index in [1.165, 1.54) is 6.20 Å². The molecule has 106 valence electrons. The monoisotopic (exact) mass is 274 g/mol. The third-order valence-electron chi connectivity index (χ3n) is 2.54. The fourth-order valence-corrected chi connectivity index (χ4v) is 1.47. The number of nitrogens with zero attached hydrogens (tertiary/aromatic N) is 2. The molecule has 0 radical (unpaired) electrons. The summed E-state index contributed by atoms with van der Waals surface area (Å²) in [4.78, 5) is 0. The van der Waals surface area contributed by atoms with Gasteiger partial charge in [-0.1, -0.05) is 6.58 Å². The number of nitrogen functional groups attached to an aromatic ring is 2. The summed E-state index contributed by atoms with van der Waals surface area (Å²) in [6.07, 6.45) is 4.98. The minimum atomic E-state index is 0.472. The van der Waals surface area contributed by atoms with Gasteiger partial charge < -0.3 is 11.5 Å². The Bertz CT molecular complexity index is 587. The first-order chi connectivity index (χ1) is 9.43. The van der Waals surface area contributed by atoms with Crippen LogP contribution in [0.25, 0.3) is 0 Å². The fourth-order valence-electron chi connectivity index (χ4n) is 1.47. The van der Waals surface area contributed by atoms with Crippen LogP contribution in [-0.4, -0.2) is 5.21 Å². The van der Waals surface area contributed by atoms with Gasteiger partial charge in [0.05, 0.1) is 11.4 Å². The number of hydroxylamine groups is 1. The number of allylic oxidation sites excluding steroid dienone is 3. The van der Waals surface area contributed by atoms with Gasteiger partial charge in [0.1, 0.15) is 11.9 Å². The highest BCUT2D eigenvalue weighted by atomic mass is 16.5. The summed E-state index contributed by atoms with van der Waals surface area (Å²) in [6, 6.07) is 3.44. The van der Waals surface area contributed by atoms with E-state index in [1.807, 2.05) is 13.8 Å². The molecule has 1 aromatic rings. The molecule has 0 aliphatic carbocycles. The highest BCUT2D eigenvalue weighted by Crippen LogP contribution is 2.28. The van der Waals surface area contributed by atoms with Gasteiger partial charge in [0.15, 0.2) is 0 Å². The SMILES string of the molecule is C=C(C=C(C)C=C[NH2+]O)N=Nc1cc(C)c(N)cc1N.